The van der Waals surface area contributed by atoms with Gasteiger partial charge in [-0.2, -0.15) is 0 Å². The first-order valence-corrected chi connectivity index (χ1v) is 12.4. The van der Waals surface area contributed by atoms with E-state index in [0.717, 1.165) is 28.0 Å². The summed E-state index contributed by atoms with van der Waals surface area (Å²) in [6.45, 7) is 0. The fourth-order valence-corrected chi connectivity index (χ4v) is 5.34. The first kappa shape index (κ1) is 23.6. The molecule has 0 spiro atoms. The number of nitrogens with zero attached hydrogens (tertiary/aromatic N) is 2. The maximum Gasteiger partial charge on any atom is 0.269 e. The number of rotatable bonds is 6. The quantitative estimate of drug-likeness (QED) is 0.168. The zero-order chi connectivity index (χ0) is 26.1. The second-order valence-electron chi connectivity index (χ2n) is 9.29. The number of anilines is 1. The van der Waals surface area contributed by atoms with E-state index in [1.54, 1.807) is 5.06 Å². The summed E-state index contributed by atoms with van der Waals surface area (Å²) >= 11 is 0. The first-order valence-electron chi connectivity index (χ1n) is 12.4. The van der Waals surface area contributed by atoms with Crippen molar-refractivity contribution in [2.75, 3.05) is 5.06 Å². The molecular weight excluding hydrogens is 476 g/mol. The molecule has 1 aliphatic carbocycles. The predicted molar refractivity (Wildman–Crippen MR) is 147 cm³/mol. The van der Waals surface area contributed by atoms with Crippen molar-refractivity contribution >= 4 is 22.7 Å². The number of carbonyl (C=O) groups is 1. The zero-order valence-electron chi connectivity index (χ0n) is 20.4. The number of hydrogen-bond donors (Lipinski definition) is 0. The lowest BCUT2D eigenvalue weighted by Gasteiger charge is -2.27. The van der Waals surface area contributed by atoms with Gasteiger partial charge in [-0.3, -0.25) is 19.7 Å². The van der Waals surface area contributed by atoms with Gasteiger partial charge in [-0.25, -0.2) is 5.06 Å². The van der Waals surface area contributed by atoms with Crippen LogP contribution in [0.2, 0.25) is 0 Å². The summed E-state index contributed by atoms with van der Waals surface area (Å²) in [5, 5.41) is 12.9. The van der Waals surface area contributed by atoms with Crippen molar-refractivity contribution in [2.45, 2.75) is 12.1 Å². The second-order valence-corrected chi connectivity index (χ2v) is 9.29. The van der Waals surface area contributed by atoms with Gasteiger partial charge in [-0.05, 0) is 46.5 Å². The molecule has 1 heterocycles. The van der Waals surface area contributed by atoms with Gasteiger partial charge in [0, 0.05) is 23.6 Å². The highest BCUT2D eigenvalue weighted by Gasteiger charge is 2.51. The van der Waals surface area contributed by atoms with Gasteiger partial charge in [0.05, 0.1) is 10.6 Å². The van der Waals surface area contributed by atoms with E-state index in [1.165, 1.54) is 24.3 Å². The molecule has 0 saturated carbocycles. The molecule has 38 heavy (non-hydrogen) atoms. The number of ketones is 1. The monoisotopic (exact) mass is 500 g/mol. The Hall–Kier alpha value is -4.81. The molecule has 0 bridgehead atoms. The van der Waals surface area contributed by atoms with Gasteiger partial charge in [-0.1, -0.05) is 91.0 Å². The molecule has 0 radical (unpaired) electrons. The number of nitro groups is 1. The average molecular weight is 501 g/mol. The molecule has 1 aliphatic heterocycles. The molecule has 6 heteroatoms. The zero-order valence-corrected chi connectivity index (χ0v) is 20.4. The smallest absolute Gasteiger partial charge is 0.269 e. The summed E-state index contributed by atoms with van der Waals surface area (Å²) < 4.78 is 0. The normalized spacial score (nSPS) is 19.8. The van der Waals surface area contributed by atoms with E-state index >= 15 is 0 Å². The van der Waals surface area contributed by atoms with Gasteiger partial charge in [0.2, 0.25) is 0 Å². The molecule has 0 unspecified atom stereocenters. The minimum atomic E-state index is -0.670. The number of hydrogen-bond acceptors (Lipinski definition) is 5. The van der Waals surface area contributed by atoms with Gasteiger partial charge in [0.1, 0.15) is 12.1 Å². The average Bonchev–Trinajstić information content (AvgIpc) is 3.55. The second kappa shape index (κ2) is 9.92. The fraction of sp³-hybridized carbons (Fsp3) is 0.0938. The highest BCUT2D eigenvalue weighted by atomic mass is 16.7. The van der Waals surface area contributed by atoms with Crippen LogP contribution in [0.15, 0.2) is 133 Å². The van der Waals surface area contributed by atoms with E-state index in [4.69, 9.17) is 4.84 Å². The molecule has 6 nitrogen and oxygen atoms in total. The Labute approximate surface area is 220 Å². The topological polar surface area (TPSA) is 72.7 Å². The third-order valence-corrected chi connectivity index (χ3v) is 7.06. The van der Waals surface area contributed by atoms with Gasteiger partial charge >= 0.3 is 0 Å². The Balaban J connectivity index is 1.51. The van der Waals surface area contributed by atoms with Crippen molar-refractivity contribution in [3.8, 4) is 0 Å². The van der Waals surface area contributed by atoms with Crippen molar-refractivity contribution in [3.63, 3.8) is 0 Å². The van der Waals surface area contributed by atoms with Crippen LogP contribution >= 0.6 is 0 Å². The number of carbonyl (C=O) groups excluding carboxylic acids is 1. The van der Waals surface area contributed by atoms with Crippen molar-refractivity contribution in [1.29, 1.82) is 0 Å². The Morgan fingerprint density at radius 1 is 0.737 bits per heavy atom. The van der Waals surface area contributed by atoms with Crippen LogP contribution in [0, 0.1) is 16.0 Å². The molecule has 0 N–H and O–H groups in total. The molecule has 3 atom stereocenters. The Morgan fingerprint density at radius 2 is 1.29 bits per heavy atom. The molecular formula is C32H24N2O4. The van der Waals surface area contributed by atoms with Crippen molar-refractivity contribution in [1.82, 2.24) is 0 Å². The highest BCUT2D eigenvalue weighted by molar-refractivity contribution is 6.03. The molecule has 0 amide bonds. The number of benzene rings is 4. The molecule has 2 aliphatic rings. The lowest BCUT2D eigenvalue weighted by atomic mass is 9.81. The standard InChI is InChI=1S/C32H24N2O4/c35-32(24-16-18-26(19-17-24)34(36)37)31-30-27(20-21-28(30)38-33(31)25-14-8-3-9-15-25)29(22-10-4-1-5-11-22)23-12-6-2-7-13-23/h1-21,28,30-31H/t28-,30+,31+/m1/s1. The summed E-state index contributed by atoms with van der Waals surface area (Å²) in [6.07, 6.45) is 3.76. The van der Waals surface area contributed by atoms with Crippen molar-refractivity contribution in [3.05, 3.63) is 160 Å². The van der Waals surface area contributed by atoms with Crippen LogP contribution in [-0.2, 0) is 4.84 Å². The number of nitro benzene ring substituents is 1. The summed E-state index contributed by atoms with van der Waals surface area (Å²) in [5.41, 5.74) is 5.30. The highest BCUT2D eigenvalue weighted by Crippen LogP contribution is 2.46. The maximum atomic E-state index is 14.2. The number of para-hydroxylation sites is 1. The minimum absolute atomic E-state index is 0.0550. The lowest BCUT2D eigenvalue weighted by Crippen LogP contribution is -2.40. The Bertz CT molecular complexity index is 1490. The van der Waals surface area contributed by atoms with E-state index < -0.39 is 11.0 Å². The molecule has 1 fully saturated rings. The molecule has 0 aromatic heterocycles. The Kier molecular flexibility index (Phi) is 6.15. The summed E-state index contributed by atoms with van der Waals surface area (Å²) in [5.74, 6) is -0.439. The molecule has 1 saturated heterocycles. The summed E-state index contributed by atoms with van der Waals surface area (Å²) in [7, 11) is 0. The lowest BCUT2D eigenvalue weighted by molar-refractivity contribution is -0.384. The van der Waals surface area contributed by atoms with E-state index in [2.05, 4.69) is 30.3 Å². The predicted octanol–water partition coefficient (Wildman–Crippen LogP) is 6.65. The van der Waals surface area contributed by atoms with Gasteiger partial charge in [0.25, 0.3) is 5.69 Å². The SMILES string of the molecule is O=C(c1ccc([N+](=O)[O-])cc1)[C@@H]1[C@H]2C(=C(c3ccccc3)c3ccccc3)C=C[C@H]2ON1c1ccccc1. The summed E-state index contributed by atoms with van der Waals surface area (Å²) in [4.78, 5) is 31.3. The molecule has 4 aromatic carbocycles. The number of allylic oxidation sites excluding steroid dienone is 1. The van der Waals surface area contributed by atoms with Crippen molar-refractivity contribution in [2.24, 2.45) is 5.92 Å². The largest absolute Gasteiger partial charge is 0.292 e. The van der Waals surface area contributed by atoms with Crippen LogP contribution in [0.3, 0.4) is 0 Å². The van der Waals surface area contributed by atoms with E-state index in [0.29, 0.717) is 5.56 Å². The van der Waals surface area contributed by atoms with Crippen LogP contribution in [0.1, 0.15) is 21.5 Å². The van der Waals surface area contributed by atoms with Crippen LogP contribution < -0.4 is 5.06 Å². The number of fused-ring (bicyclic) bond motifs is 1. The van der Waals surface area contributed by atoms with E-state index in [9.17, 15) is 14.9 Å². The minimum Gasteiger partial charge on any atom is -0.292 e. The third-order valence-electron chi connectivity index (χ3n) is 7.06. The van der Waals surface area contributed by atoms with Crippen LogP contribution in [0.5, 0.6) is 0 Å². The number of hydroxylamine groups is 1. The van der Waals surface area contributed by atoms with Gasteiger partial charge < -0.3 is 0 Å². The summed E-state index contributed by atoms with van der Waals surface area (Å²) in [6, 6.07) is 35.0. The van der Waals surface area contributed by atoms with Crippen LogP contribution in [0.4, 0.5) is 11.4 Å². The van der Waals surface area contributed by atoms with Gasteiger partial charge in [0.15, 0.2) is 5.78 Å². The van der Waals surface area contributed by atoms with E-state index in [1.807, 2.05) is 72.8 Å². The van der Waals surface area contributed by atoms with Gasteiger partial charge in [-0.15, -0.1) is 0 Å². The Morgan fingerprint density at radius 3 is 1.84 bits per heavy atom. The molecule has 186 valence electrons. The van der Waals surface area contributed by atoms with Crippen molar-refractivity contribution < 1.29 is 14.6 Å². The third kappa shape index (κ3) is 4.21. The molecule has 4 aromatic rings. The maximum absolute atomic E-state index is 14.2. The number of Topliss-reactive ketones (excluding diaryl/α,β-unsaturated/α-hetero) is 1. The van der Waals surface area contributed by atoms with E-state index in [-0.39, 0.29) is 23.5 Å². The fourth-order valence-electron chi connectivity index (χ4n) is 5.34. The number of non-ortho nitro benzene ring substituents is 1. The molecule has 6 rings (SSSR count). The van der Waals surface area contributed by atoms with Crippen LogP contribution in [0.25, 0.3) is 5.57 Å². The first-order chi connectivity index (χ1) is 18.6. The van der Waals surface area contributed by atoms with Crippen LogP contribution in [-0.4, -0.2) is 22.9 Å².